The summed E-state index contributed by atoms with van der Waals surface area (Å²) in [5.41, 5.74) is 1.32. The monoisotopic (exact) mass is 290 g/mol. The Morgan fingerprint density at radius 2 is 2.10 bits per heavy atom. The molecule has 5 heteroatoms. The van der Waals surface area contributed by atoms with Crippen LogP contribution in [0.5, 0.6) is 0 Å². The molecule has 2 rings (SSSR count). The van der Waals surface area contributed by atoms with Gasteiger partial charge in [-0.3, -0.25) is 0 Å². The van der Waals surface area contributed by atoms with Crippen LogP contribution in [0.25, 0.3) is 0 Å². The Balaban J connectivity index is 1.84. The third-order valence-corrected chi connectivity index (χ3v) is 4.03. The fourth-order valence-electron chi connectivity index (χ4n) is 1.88. The molecule has 0 aromatic carbocycles. The number of aliphatic imine (C=N–C) groups is 1. The zero-order chi connectivity index (χ0) is 14.2. The molecule has 2 N–H and O–H groups in total. The van der Waals surface area contributed by atoms with E-state index in [0.29, 0.717) is 0 Å². The molecule has 0 bridgehead atoms. The Morgan fingerprint density at radius 1 is 1.30 bits per heavy atom. The van der Waals surface area contributed by atoms with Crippen molar-refractivity contribution < 1.29 is 0 Å². The molecular weight excluding hydrogens is 268 g/mol. The third-order valence-electron chi connectivity index (χ3n) is 3.02. The Kier molecular flexibility index (Phi) is 5.68. The van der Waals surface area contributed by atoms with Crippen LogP contribution in [0.4, 0.5) is 0 Å². The van der Waals surface area contributed by atoms with Crippen molar-refractivity contribution in [1.29, 1.82) is 0 Å². The highest BCUT2D eigenvalue weighted by atomic mass is 32.1. The fourth-order valence-corrected chi connectivity index (χ4v) is 2.71. The first-order chi connectivity index (χ1) is 9.79. The lowest BCUT2D eigenvalue weighted by Gasteiger charge is -2.11. The topological polar surface area (TPSA) is 41.4 Å². The summed E-state index contributed by atoms with van der Waals surface area (Å²) in [5.74, 6) is 0.882. The number of nitrogens with zero attached hydrogens (tertiary/aromatic N) is 2. The number of guanidine groups is 1. The Morgan fingerprint density at radius 3 is 2.75 bits per heavy atom. The molecule has 4 nitrogen and oxygen atoms in total. The molecule has 108 valence electrons. The van der Waals surface area contributed by atoms with E-state index in [-0.39, 0.29) is 0 Å². The molecule has 0 fully saturated rings. The first-order valence-corrected chi connectivity index (χ1v) is 7.83. The van der Waals surface area contributed by atoms with Gasteiger partial charge in [0.2, 0.25) is 0 Å². The normalized spacial score (nSPS) is 11.6. The summed E-state index contributed by atoms with van der Waals surface area (Å²) in [4.78, 5) is 5.96. The second kappa shape index (κ2) is 7.75. The molecule has 2 aromatic rings. The highest BCUT2D eigenvalue weighted by Gasteiger charge is 2.00. The van der Waals surface area contributed by atoms with Crippen molar-refractivity contribution in [2.45, 2.75) is 26.9 Å². The van der Waals surface area contributed by atoms with Crippen LogP contribution in [0.2, 0.25) is 0 Å². The Hall–Kier alpha value is -1.75. The lowest BCUT2D eigenvalue weighted by molar-refractivity contribution is 0.666. The lowest BCUT2D eigenvalue weighted by Crippen LogP contribution is -2.38. The average molecular weight is 290 g/mol. The van der Waals surface area contributed by atoms with Crippen LogP contribution < -0.4 is 10.6 Å². The van der Waals surface area contributed by atoms with Crippen molar-refractivity contribution in [2.75, 3.05) is 13.1 Å². The van der Waals surface area contributed by atoms with Gasteiger partial charge in [0.05, 0.1) is 6.54 Å². The highest BCUT2D eigenvalue weighted by molar-refractivity contribution is 7.10. The van der Waals surface area contributed by atoms with Crippen molar-refractivity contribution in [2.24, 2.45) is 4.99 Å². The van der Waals surface area contributed by atoms with Crippen molar-refractivity contribution in [3.63, 3.8) is 0 Å². The van der Waals surface area contributed by atoms with E-state index in [4.69, 9.17) is 0 Å². The van der Waals surface area contributed by atoms with Gasteiger partial charge in [-0.25, -0.2) is 4.99 Å². The first kappa shape index (κ1) is 14.7. The van der Waals surface area contributed by atoms with Gasteiger partial charge >= 0.3 is 0 Å². The summed E-state index contributed by atoms with van der Waals surface area (Å²) in [6.07, 6.45) is 4.14. The van der Waals surface area contributed by atoms with Gasteiger partial charge in [0.15, 0.2) is 5.96 Å². The standard InChI is InChI=1S/C15H22N4S/c1-3-16-15(17-7-10-19-8-4-5-9-19)18-12-14-13(2)6-11-20-14/h4-6,8-9,11H,3,7,10,12H2,1-2H3,(H2,16,17,18). The van der Waals surface area contributed by atoms with Crippen LogP contribution >= 0.6 is 11.3 Å². The molecule has 0 amide bonds. The maximum absolute atomic E-state index is 4.63. The minimum Gasteiger partial charge on any atom is -0.357 e. The van der Waals surface area contributed by atoms with E-state index in [1.165, 1.54) is 10.4 Å². The molecule has 2 heterocycles. The Bertz CT molecular complexity index is 528. The molecule has 0 aliphatic rings. The van der Waals surface area contributed by atoms with Crippen molar-refractivity contribution >= 4 is 17.3 Å². The molecule has 0 saturated carbocycles. The molecule has 0 aliphatic heterocycles. The zero-order valence-electron chi connectivity index (χ0n) is 12.1. The number of aromatic nitrogens is 1. The number of hydrogen-bond acceptors (Lipinski definition) is 2. The molecule has 0 radical (unpaired) electrons. The van der Waals surface area contributed by atoms with E-state index in [1.54, 1.807) is 11.3 Å². The molecule has 2 aromatic heterocycles. The Labute approximate surface area is 124 Å². The van der Waals surface area contributed by atoms with Crippen LogP contribution in [-0.2, 0) is 13.1 Å². The summed E-state index contributed by atoms with van der Waals surface area (Å²) < 4.78 is 2.15. The minimum absolute atomic E-state index is 0.738. The number of nitrogens with one attached hydrogen (secondary N) is 2. The molecular formula is C15H22N4S. The van der Waals surface area contributed by atoms with E-state index >= 15 is 0 Å². The quantitative estimate of drug-likeness (QED) is 0.634. The molecule has 0 atom stereocenters. The van der Waals surface area contributed by atoms with E-state index in [2.05, 4.69) is 57.9 Å². The van der Waals surface area contributed by atoms with Gasteiger partial charge in [0.1, 0.15) is 0 Å². The van der Waals surface area contributed by atoms with Gasteiger partial charge in [-0.1, -0.05) is 0 Å². The van der Waals surface area contributed by atoms with Gasteiger partial charge in [-0.05, 0) is 43.0 Å². The zero-order valence-corrected chi connectivity index (χ0v) is 12.9. The van der Waals surface area contributed by atoms with Crippen LogP contribution in [-0.4, -0.2) is 23.6 Å². The molecule has 0 saturated heterocycles. The van der Waals surface area contributed by atoms with Crippen LogP contribution in [0.1, 0.15) is 17.4 Å². The third kappa shape index (κ3) is 4.42. The van der Waals surface area contributed by atoms with E-state index < -0.39 is 0 Å². The lowest BCUT2D eigenvalue weighted by atomic mass is 10.3. The summed E-state index contributed by atoms with van der Waals surface area (Å²) in [7, 11) is 0. The number of thiophene rings is 1. The van der Waals surface area contributed by atoms with E-state index in [9.17, 15) is 0 Å². The smallest absolute Gasteiger partial charge is 0.191 e. The molecule has 0 aliphatic carbocycles. The van der Waals surface area contributed by atoms with Crippen molar-refractivity contribution in [3.05, 3.63) is 46.4 Å². The van der Waals surface area contributed by atoms with Crippen LogP contribution in [0.15, 0.2) is 41.0 Å². The van der Waals surface area contributed by atoms with Crippen LogP contribution in [0, 0.1) is 6.92 Å². The van der Waals surface area contributed by atoms with Gasteiger partial charge in [-0.2, -0.15) is 0 Å². The second-order valence-electron chi connectivity index (χ2n) is 4.57. The predicted octanol–water partition coefficient (Wildman–Crippen LogP) is 2.61. The predicted molar refractivity (Wildman–Crippen MR) is 86.3 cm³/mol. The number of hydrogen-bond donors (Lipinski definition) is 2. The number of aryl methyl sites for hydroxylation is 1. The molecule has 0 spiro atoms. The summed E-state index contributed by atoms with van der Waals surface area (Å²) in [6.45, 7) is 7.63. The van der Waals surface area contributed by atoms with Gasteiger partial charge < -0.3 is 15.2 Å². The summed E-state index contributed by atoms with van der Waals surface area (Å²) in [5, 5.41) is 8.76. The van der Waals surface area contributed by atoms with Crippen molar-refractivity contribution in [1.82, 2.24) is 15.2 Å². The van der Waals surface area contributed by atoms with Gasteiger partial charge in [-0.15, -0.1) is 11.3 Å². The maximum atomic E-state index is 4.63. The van der Waals surface area contributed by atoms with Crippen molar-refractivity contribution in [3.8, 4) is 0 Å². The second-order valence-corrected chi connectivity index (χ2v) is 5.57. The SMILES string of the molecule is CCNC(=NCc1sccc1C)NCCn1cccc1. The molecule has 0 unspecified atom stereocenters. The average Bonchev–Trinajstić information content (AvgIpc) is 3.08. The maximum Gasteiger partial charge on any atom is 0.191 e. The fraction of sp³-hybridized carbons (Fsp3) is 0.400. The van der Waals surface area contributed by atoms with E-state index in [0.717, 1.165) is 32.1 Å². The van der Waals surface area contributed by atoms with E-state index in [1.807, 2.05) is 12.1 Å². The van der Waals surface area contributed by atoms with Crippen LogP contribution in [0.3, 0.4) is 0 Å². The number of rotatable bonds is 6. The minimum atomic E-state index is 0.738. The summed E-state index contributed by atoms with van der Waals surface area (Å²) >= 11 is 1.76. The first-order valence-electron chi connectivity index (χ1n) is 6.95. The largest absolute Gasteiger partial charge is 0.357 e. The van der Waals surface area contributed by atoms with Gasteiger partial charge in [0.25, 0.3) is 0 Å². The highest BCUT2D eigenvalue weighted by Crippen LogP contribution is 2.16. The summed E-state index contributed by atoms with van der Waals surface area (Å²) in [6, 6.07) is 6.22. The van der Waals surface area contributed by atoms with Gasteiger partial charge in [0, 0.05) is 36.9 Å². The molecule has 20 heavy (non-hydrogen) atoms.